The van der Waals surface area contributed by atoms with E-state index in [1.54, 1.807) is 7.05 Å². The zero-order valence-corrected chi connectivity index (χ0v) is 12.2. The van der Waals surface area contributed by atoms with Crippen molar-refractivity contribution in [3.8, 4) is 6.07 Å². The first-order valence-corrected chi connectivity index (χ1v) is 6.99. The number of rotatable bonds is 1. The second-order valence-corrected chi connectivity index (χ2v) is 5.26. The zero-order valence-electron chi connectivity index (χ0n) is 12.2. The van der Waals surface area contributed by atoms with E-state index in [2.05, 4.69) is 21.3 Å². The molecule has 0 amide bonds. The molecule has 0 spiro atoms. The van der Waals surface area contributed by atoms with Gasteiger partial charge in [-0.1, -0.05) is 0 Å². The maximum Gasteiger partial charge on any atom is 0.270 e. The minimum Gasteiger partial charge on any atom is -0.366 e. The van der Waals surface area contributed by atoms with E-state index < -0.39 is 0 Å². The van der Waals surface area contributed by atoms with Gasteiger partial charge in [0, 0.05) is 38.9 Å². The Morgan fingerprint density at radius 3 is 2.71 bits per heavy atom. The third-order valence-corrected chi connectivity index (χ3v) is 3.90. The van der Waals surface area contributed by atoms with E-state index in [0.717, 1.165) is 42.9 Å². The van der Waals surface area contributed by atoms with Crippen LogP contribution < -0.4 is 15.8 Å². The average molecular weight is 283 g/mol. The highest BCUT2D eigenvalue weighted by Crippen LogP contribution is 2.27. The predicted molar refractivity (Wildman–Crippen MR) is 81.5 cm³/mol. The summed E-state index contributed by atoms with van der Waals surface area (Å²) in [6, 6.07) is 5.86. The Morgan fingerprint density at radius 2 is 2.05 bits per heavy atom. The van der Waals surface area contributed by atoms with Gasteiger partial charge in [-0.25, -0.2) is 4.98 Å². The van der Waals surface area contributed by atoms with Gasteiger partial charge in [0.1, 0.15) is 17.1 Å². The molecule has 108 valence electrons. The summed E-state index contributed by atoms with van der Waals surface area (Å²) >= 11 is 0. The third kappa shape index (κ3) is 2.16. The van der Waals surface area contributed by atoms with E-state index in [4.69, 9.17) is 0 Å². The van der Waals surface area contributed by atoms with Crippen molar-refractivity contribution in [2.75, 3.05) is 31.1 Å². The Labute approximate surface area is 122 Å². The second-order valence-electron chi connectivity index (χ2n) is 5.26. The molecule has 1 aliphatic heterocycles. The van der Waals surface area contributed by atoms with Crippen molar-refractivity contribution in [3.05, 3.63) is 33.7 Å². The number of nitrogens with one attached hydrogen (secondary N) is 1. The quantitative estimate of drug-likeness (QED) is 0.826. The number of piperazine rings is 1. The fourth-order valence-electron chi connectivity index (χ4n) is 2.79. The van der Waals surface area contributed by atoms with Crippen molar-refractivity contribution in [2.24, 2.45) is 7.05 Å². The van der Waals surface area contributed by atoms with Crippen LogP contribution in [0, 0.1) is 18.3 Å². The van der Waals surface area contributed by atoms with Gasteiger partial charge in [0.05, 0.1) is 11.2 Å². The molecule has 0 aliphatic carbocycles. The molecule has 0 aromatic carbocycles. The molecule has 0 unspecified atom stereocenters. The molecule has 3 rings (SSSR count). The molecule has 0 saturated carbocycles. The highest BCUT2D eigenvalue weighted by Gasteiger charge is 2.22. The van der Waals surface area contributed by atoms with Gasteiger partial charge in [0.15, 0.2) is 0 Å². The SMILES string of the molecule is Cc1ccc2c(n1)c(N1CCNCC1)c(C#N)c(=O)n2C. The van der Waals surface area contributed by atoms with E-state index in [-0.39, 0.29) is 11.1 Å². The van der Waals surface area contributed by atoms with Crippen molar-refractivity contribution in [2.45, 2.75) is 6.92 Å². The molecule has 1 N–H and O–H groups in total. The van der Waals surface area contributed by atoms with E-state index in [0.29, 0.717) is 5.69 Å². The number of fused-ring (bicyclic) bond motifs is 1. The summed E-state index contributed by atoms with van der Waals surface area (Å²) < 4.78 is 1.51. The van der Waals surface area contributed by atoms with Crippen LogP contribution in [0.1, 0.15) is 11.3 Å². The van der Waals surface area contributed by atoms with Crippen LogP contribution in [0.15, 0.2) is 16.9 Å². The van der Waals surface area contributed by atoms with Gasteiger partial charge in [0.2, 0.25) is 0 Å². The number of aromatic nitrogens is 2. The van der Waals surface area contributed by atoms with Crippen LogP contribution in [0.4, 0.5) is 5.69 Å². The largest absolute Gasteiger partial charge is 0.366 e. The van der Waals surface area contributed by atoms with Crippen molar-refractivity contribution in [1.82, 2.24) is 14.9 Å². The summed E-state index contributed by atoms with van der Waals surface area (Å²) in [6.07, 6.45) is 0. The molecule has 1 saturated heterocycles. The van der Waals surface area contributed by atoms with E-state index in [9.17, 15) is 10.1 Å². The first-order chi connectivity index (χ1) is 10.1. The molecule has 1 fully saturated rings. The van der Waals surface area contributed by atoms with E-state index in [1.165, 1.54) is 4.57 Å². The Kier molecular flexibility index (Phi) is 3.35. The lowest BCUT2D eigenvalue weighted by molar-refractivity contribution is 0.589. The summed E-state index contributed by atoms with van der Waals surface area (Å²) in [5.74, 6) is 0. The van der Waals surface area contributed by atoms with Crippen molar-refractivity contribution in [3.63, 3.8) is 0 Å². The van der Waals surface area contributed by atoms with Crippen LogP contribution in [0.2, 0.25) is 0 Å². The van der Waals surface area contributed by atoms with Crippen LogP contribution in [0.3, 0.4) is 0 Å². The van der Waals surface area contributed by atoms with E-state index >= 15 is 0 Å². The van der Waals surface area contributed by atoms with Crippen molar-refractivity contribution < 1.29 is 0 Å². The highest BCUT2D eigenvalue weighted by molar-refractivity contribution is 5.91. The van der Waals surface area contributed by atoms with Gasteiger partial charge in [-0.15, -0.1) is 0 Å². The van der Waals surface area contributed by atoms with Crippen LogP contribution in [0.25, 0.3) is 11.0 Å². The molecule has 6 nitrogen and oxygen atoms in total. The number of nitriles is 1. The summed E-state index contributed by atoms with van der Waals surface area (Å²) in [7, 11) is 1.68. The van der Waals surface area contributed by atoms with Gasteiger partial charge in [-0.3, -0.25) is 4.79 Å². The van der Waals surface area contributed by atoms with Crippen molar-refractivity contribution >= 4 is 16.7 Å². The Bertz CT molecular complexity index is 796. The lowest BCUT2D eigenvalue weighted by atomic mass is 10.1. The van der Waals surface area contributed by atoms with Gasteiger partial charge < -0.3 is 14.8 Å². The van der Waals surface area contributed by atoms with Gasteiger partial charge in [-0.2, -0.15) is 5.26 Å². The Morgan fingerprint density at radius 1 is 1.33 bits per heavy atom. The van der Waals surface area contributed by atoms with Gasteiger partial charge >= 0.3 is 0 Å². The first kappa shape index (κ1) is 13.6. The summed E-state index contributed by atoms with van der Waals surface area (Å²) in [4.78, 5) is 19.1. The maximum absolute atomic E-state index is 12.4. The molecular weight excluding hydrogens is 266 g/mol. The number of nitrogens with zero attached hydrogens (tertiary/aromatic N) is 4. The number of anilines is 1. The van der Waals surface area contributed by atoms with Crippen LogP contribution in [-0.4, -0.2) is 35.7 Å². The second kappa shape index (κ2) is 5.19. The molecule has 0 radical (unpaired) electrons. The van der Waals surface area contributed by atoms with E-state index in [1.807, 2.05) is 19.1 Å². The molecular formula is C15H17N5O. The molecule has 2 aromatic rings. The van der Waals surface area contributed by atoms with Crippen molar-refractivity contribution in [1.29, 1.82) is 5.26 Å². The van der Waals surface area contributed by atoms with Crippen LogP contribution in [-0.2, 0) is 7.05 Å². The summed E-state index contributed by atoms with van der Waals surface area (Å²) in [5, 5.41) is 12.7. The molecule has 2 aromatic heterocycles. The number of hydrogen-bond acceptors (Lipinski definition) is 5. The minimum absolute atomic E-state index is 0.185. The topological polar surface area (TPSA) is 74.0 Å². The number of hydrogen-bond donors (Lipinski definition) is 1. The molecule has 21 heavy (non-hydrogen) atoms. The fraction of sp³-hybridized carbons (Fsp3) is 0.400. The number of pyridine rings is 2. The monoisotopic (exact) mass is 283 g/mol. The smallest absolute Gasteiger partial charge is 0.270 e. The Hall–Kier alpha value is -2.39. The average Bonchev–Trinajstić information content (AvgIpc) is 2.51. The summed E-state index contributed by atoms with van der Waals surface area (Å²) in [5.41, 5.74) is 2.98. The van der Waals surface area contributed by atoms with Gasteiger partial charge in [-0.05, 0) is 19.1 Å². The number of aryl methyl sites for hydroxylation is 2. The lowest BCUT2D eigenvalue weighted by Gasteiger charge is -2.30. The summed E-state index contributed by atoms with van der Waals surface area (Å²) in [6.45, 7) is 5.14. The maximum atomic E-state index is 12.4. The van der Waals surface area contributed by atoms with Crippen LogP contribution in [0.5, 0.6) is 0 Å². The fourth-order valence-corrected chi connectivity index (χ4v) is 2.79. The van der Waals surface area contributed by atoms with Crippen LogP contribution >= 0.6 is 0 Å². The highest BCUT2D eigenvalue weighted by atomic mass is 16.1. The molecule has 0 bridgehead atoms. The molecule has 3 heterocycles. The lowest BCUT2D eigenvalue weighted by Crippen LogP contribution is -2.44. The normalized spacial score (nSPS) is 15.2. The zero-order chi connectivity index (χ0) is 15.0. The predicted octanol–water partition coefficient (Wildman–Crippen LogP) is 0.523. The van der Waals surface area contributed by atoms with Gasteiger partial charge in [0.25, 0.3) is 5.56 Å². The molecule has 6 heteroatoms. The third-order valence-electron chi connectivity index (χ3n) is 3.90. The molecule has 1 aliphatic rings. The first-order valence-electron chi connectivity index (χ1n) is 6.99. The Balaban J connectivity index is 2.39. The minimum atomic E-state index is -0.260. The standard InChI is InChI=1S/C15H17N5O/c1-10-3-4-12-13(18-10)14(20-7-5-17-6-8-20)11(9-16)15(21)19(12)2/h3-4,17H,5-8H2,1-2H3. The molecule has 0 atom stereocenters.